The Bertz CT molecular complexity index is 1130. The van der Waals surface area contributed by atoms with E-state index >= 15 is 0 Å². The van der Waals surface area contributed by atoms with E-state index in [9.17, 15) is 14.0 Å². The monoisotopic (exact) mass is 521 g/mol. The number of nitrogens with zero attached hydrogens (tertiary/aromatic N) is 2. The van der Waals surface area contributed by atoms with Crippen molar-refractivity contribution in [1.82, 2.24) is 10.2 Å². The van der Waals surface area contributed by atoms with Gasteiger partial charge in [-0.3, -0.25) is 14.5 Å². The molecule has 3 aliphatic rings. The van der Waals surface area contributed by atoms with Crippen molar-refractivity contribution >= 4 is 23.2 Å². The lowest BCUT2D eigenvalue weighted by Crippen LogP contribution is -2.49. The third-order valence-corrected chi connectivity index (χ3v) is 8.45. The largest absolute Gasteiger partial charge is 0.367 e. The van der Waals surface area contributed by atoms with E-state index in [0.29, 0.717) is 23.5 Å². The normalized spacial score (nSPS) is 22.8. The van der Waals surface area contributed by atoms with E-state index in [4.69, 9.17) is 5.73 Å². The van der Waals surface area contributed by atoms with Crippen LogP contribution in [0.5, 0.6) is 0 Å². The smallest absolute Gasteiger partial charge is 0.251 e. The van der Waals surface area contributed by atoms with Crippen LogP contribution in [-0.4, -0.2) is 55.0 Å². The van der Waals surface area contributed by atoms with Crippen LogP contribution in [0.1, 0.15) is 67.3 Å². The number of nitrogens with two attached hydrogens (primary N) is 1. The Balaban J connectivity index is 1.28. The molecule has 0 bridgehead atoms. The molecule has 5 rings (SSSR count). The Morgan fingerprint density at radius 1 is 0.921 bits per heavy atom. The second-order valence-corrected chi connectivity index (χ2v) is 11.1. The number of halogens is 1. The molecule has 2 unspecified atom stereocenters. The van der Waals surface area contributed by atoms with E-state index < -0.39 is 0 Å². The molecule has 2 amide bonds. The van der Waals surface area contributed by atoms with Crippen LogP contribution < -0.4 is 21.3 Å². The summed E-state index contributed by atoms with van der Waals surface area (Å²) in [4.78, 5) is 30.6. The molecule has 1 saturated heterocycles. The van der Waals surface area contributed by atoms with E-state index in [1.165, 1.54) is 6.07 Å². The van der Waals surface area contributed by atoms with Crippen LogP contribution in [-0.2, 0) is 11.3 Å². The highest BCUT2D eigenvalue weighted by Crippen LogP contribution is 2.28. The molecule has 7 nitrogen and oxygen atoms in total. The van der Waals surface area contributed by atoms with Gasteiger partial charge in [0.05, 0.1) is 5.69 Å². The van der Waals surface area contributed by atoms with Gasteiger partial charge in [-0.1, -0.05) is 43.9 Å². The summed E-state index contributed by atoms with van der Waals surface area (Å²) < 4.78 is 14.3. The van der Waals surface area contributed by atoms with Gasteiger partial charge in [0.2, 0.25) is 5.91 Å². The van der Waals surface area contributed by atoms with Gasteiger partial charge in [-0.2, -0.15) is 0 Å². The Labute approximate surface area is 224 Å². The minimum absolute atomic E-state index is 0.0156. The zero-order chi connectivity index (χ0) is 26.5. The highest BCUT2D eigenvalue weighted by Gasteiger charge is 2.27. The molecular formula is C30H40FN5O2. The van der Waals surface area contributed by atoms with Gasteiger partial charge in [0.15, 0.2) is 0 Å². The van der Waals surface area contributed by atoms with Crippen LogP contribution >= 0.6 is 0 Å². The maximum absolute atomic E-state index is 14.3. The minimum Gasteiger partial charge on any atom is -0.367 e. The minimum atomic E-state index is -0.194. The van der Waals surface area contributed by atoms with Crippen LogP contribution in [0.15, 0.2) is 42.5 Å². The SMILES string of the molecule is NC1CCCCC1NC(=O)c1ccc(CN2CCN(c3ccccc3F)CC2)c(NC(=O)C2CCCC2)c1. The number of carbonyl (C=O) groups excluding carboxylic acids is 2. The Morgan fingerprint density at radius 2 is 1.63 bits per heavy atom. The first kappa shape index (κ1) is 26.6. The van der Waals surface area contributed by atoms with Crippen LogP contribution in [0.25, 0.3) is 0 Å². The highest BCUT2D eigenvalue weighted by molar-refractivity contribution is 5.98. The molecule has 0 radical (unpaired) electrons. The van der Waals surface area contributed by atoms with Gasteiger partial charge in [-0.15, -0.1) is 0 Å². The van der Waals surface area contributed by atoms with Crippen LogP contribution in [0, 0.1) is 11.7 Å². The maximum atomic E-state index is 14.3. The van der Waals surface area contributed by atoms with Crippen molar-refractivity contribution in [3.05, 3.63) is 59.4 Å². The van der Waals surface area contributed by atoms with E-state index in [-0.39, 0.29) is 35.6 Å². The molecule has 3 fully saturated rings. The summed E-state index contributed by atoms with van der Waals surface area (Å²) in [6, 6.07) is 12.5. The number of hydrogen-bond acceptors (Lipinski definition) is 5. The number of hydrogen-bond donors (Lipinski definition) is 3. The molecule has 0 spiro atoms. The molecule has 0 aromatic heterocycles. The fraction of sp³-hybridized carbons (Fsp3) is 0.533. The van der Waals surface area contributed by atoms with Crippen LogP contribution in [0.3, 0.4) is 0 Å². The summed E-state index contributed by atoms with van der Waals surface area (Å²) in [5.74, 6) is -0.264. The number of benzene rings is 2. The molecule has 204 valence electrons. The summed E-state index contributed by atoms with van der Waals surface area (Å²) in [6.07, 6.45) is 8.00. The number of nitrogens with one attached hydrogen (secondary N) is 2. The maximum Gasteiger partial charge on any atom is 0.251 e. The lowest BCUT2D eigenvalue weighted by atomic mass is 9.91. The summed E-state index contributed by atoms with van der Waals surface area (Å²) in [5, 5.41) is 6.28. The molecule has 38 heavy (non-hydrogen) atoms. The summed E-state index contributed by atoms with van der Waals surface area (Å²) in [7, 11) is 0. The topological polar surface area (TPSA) is 90.7 Å². The van der Waals surface area contributed by atoms with Crippen molar-refractivity contribution in [2.45, 2.75) is 70.0 Å². The zero-order valence-corrected chi connectivity index (χ0v) is 22.1. The summed E-state index contributed by atoms with van der Waals surface area (Å²) in [6.45, 7) is 3.68. The highest BCUT2D eigenvalue weighted by atomic mass is 19.1. The third-order valence-electron chi connectivity index (χ3n) is 8.45. The van der Waals surface area contributed by atoms with Gasteiger partial charge < -0.3 is 21.3 Å². The molecular weight excluding hydrogens is 481 g/mol. The van der Waals surface area contributed by atoms with Gasteiger partial charge in [-0.05, 0) is 55.5 Å². The van der Waals surface area contributed by atoms with E-state index in [0.717, 1.165) is 83.1 Å². The molecule has 2 atom stereocenters. The predicted octanol–water partition coefficient (Wildman–Crippen LogP) is 4.28. The molecule has 1 aliphatic heterocycles. The first-order chi connectivity index (χ1) is 18.5. The molecule has 4 N–H and O–H groups in total. The van der Waals surface area contributed by atoms with E-state index in [2.05, 4.69) is 20.4 Å². The second kappa shape index (κ2) is 12.3. The standard InChI is InChI=1S/C30H40FN5O2/c31-24-9-3-6-12-28(24)36-17-15-35(16-18-36)20-23-14-13-22(30(38)33-26-11-5-4-10-25(26)32)19-27(23)34-29(37)21-7-1-2-8-21/h3,6,9,12-14,19,21,25-26H,1-2,4-5,7-8,10-11,15-18,20,32H2,(H,33,38)(H,34,37). The molecule has 2 aliphatic carbocycles. The number of carbonyl (C=O) groups is 2. The van der Waals surface area contributed by atoms with E-state index in [1.807, 2.05) is 30.3 Å². The number of amides is 2. The first-order valence-corrected chi connectivity index (χ1v) is 14.2. The van der Waals surface area contributed by atoms with Crippen LogP contribution in [0.2, 0.25) is 0 Å². The Hall–Kier alpha value is -2.97. The Morgan fingerprint density at radius 3 is 2.37 bits per heavy atom. The van der Waals surface area contributed by atoms with Gasteiger partial charge in [0.1, 0.15) is 5.82 Å². The number of para-hydroxylation sites is 1. The average molecular weight is 522 g/mol. The summed E-state index contributed by atoms with van der Waals surface area (Å²) in [5.41, 5.74) is 9.13. The van der Waals surface area contributed by atoms with Crippen molar-refractivity contribution in [3.8, 4) is 0 Å². The van der Waals surface area contributed by atoms with Gasteiger partial charge in [0, 0.05) is 62.0 Å². The van der Waals surface area contributed by atoms with Crippen molar-refractivity contribution in [3.63, 3.8) is 0 Å². The fourth-order valence-corrected chi connectivity index (χ4v) is 6.08. The van der Waals surface area contributed by atoms with Gasteiger partial charge in [0.25, 0.3) is 5.91 Å². The number of anilines is 2. The summed E-state index contributed by atoms with van der Waals surface area (Å²) >= 11 is 0. The van der Waals surface area contributed by atoms with Crippen molar-refractivity contribution < 1.29 is 14.0 Å². The molecule has 2 aromatic carbocycles. The van der Waals surface area contributed by atoms with E-state index in [1.54, 1.807) is 6.07 Å². The van der Waals surface area contributed by atoms with Crippen LogP contribution in [0.4, 0.5) is 15.8 Å². The lowest BCUT2D eigenvalue weighted by Gasteiger charge is -2.36. The van der Waals surface area contributed by atoms with Crippen molar-refractivity contribution in [2.75, 3.05) is 36.4 Å². The van der Waals surface area contributed by atoms with Gasteiger partial charge in [-0.25, -0.2) is 4.39 Å². The third kappa shape index (κ3) is 6.35. The van der Waals surface area contributed by atoms with Gasteiger partial charge >= 0.3 is 0 Å². The second-order valence-electron chi connectivity index (χ2n) is 11.1. The molecule has 1 heterocycles. The predicted molar refractivity (Wildman–Crippen MR) is 149 cm³/mol. The van der Waals surface area contributed by atoms with Crippen molar-refractivity contribution in [2.24, 2.45) is 11.7 Å². The average Bonchev–Trinajstić information content (AvgIpc) is 3.47. The Kier molecular flexibility index (Phi) is 8.59. The number of piperazine rings is 1. The van der Waals surface area contributed by atoms with Crippen molar-refractivity contribution in [1.29, 1.82) is 0 Å². The molecule has 8 heteroatoms. The lowest BCUT2D eigenvalue weighted by molar-refractivity contribution is -0.119. The molecule has 2 saturated carbocycles. The fourth-order valence-electron chi connectivity index (χ4n) is 6.08. The first-order valence-electron chi connectivity index (χ1n) is 14.2. The zero-order valence-electron chi connectivity index (χ0n) is 22.1. The molecule has 2 aromatic rings. The quantitative estimate of drug-likeness (QED) is 0.506. The number of rotatable bonds is 7.